The molecule has 0 atom stereocenters. The highest BCUT2D eigenvalue weighted by molar-refractivity contribution is 7.88. The van der Waals surface area contributed by atoms with E-state index in [9.17, 15) is 8.42 Å². The summed E-state index contributed by atoms with van der Waals surface area (Å²) >= 11 is 0. The summed E-state index contributed by atoms with van der Waals surface area (Å²) in [5, 5.41) is 3.17. The molecule has 1 aromatic carbocycles. The zero-order valence-corrected chi connectivity index (χ0v) is 12.5. The predicted molar refractivity (Wildman–Crippen MR) is 76.9 cm³/mol. The van der Waals surface area contributed by atoms with Crippen LogP contribution in [-0.4, -0.2) is 39.9 Å². The molecule has 0 aliphatic rings. The molecule has 0 spiro atoms. The molecule has 5 nitrogen and oxygen atoms in total. The first-order valence-electron chi connectivity index (χ1n) is 6.16. The molecule has 1 rings (SSSR count). The van der Waals surface area contributed by atoms with Crippen LogP contribution in [0.25, 0.3) is 0 Å². The lowest BCUT2D eigenvalue weighted by molar-refractivity contribution is 0.305. The Labute approximate surface area is 115 Å². The van der Waals surface area contributed by atoms with Crippen molar-refractivity contribution in [3.05, 3.63) is 30.3 Å². The lowest BCUT2D eigenvalue weighted by Gasteiger charge is -2.25. The van der Waals surface area contributed by atoms with Crippen LogP contribution in [0.5, 0.6) is 5.75 Å². The summed E-state index contributed by atoms with van der Waals surface area (Å²) in [6.07, 6.45) is 1.16. The van der Waals surface area contributed by atoms with Gasteiger partial charge in [0.05, 0.1) is 6.26 Å². The fourth-order valence-electron chi connectivity index (χ4n) is 1.70. The largest absolute Gasteiger partial charge is 0.492 e. The smallest absolute Gasteiger partial charge is 0.209 e. The molecule has 0 heterocycles. The average Bonchev–Trinajstić information content (AvgIpc) is 2.26. The zero-order chi connectivity index (χ0) is 14.4. The van der Waals surface area contributed by atoms with Gasteiger partial charge in [0.25, 0.3) is 0 Å². The maximum Gasteiger partial charge on any atom is 0.209 e. The zero-order valence-electron chi connectivity index (χ0n) is 11.6. The molecule has 0 fully saturated rings. The number of sulfonamides is 1. The molecule has 0 radical (unpaired) electrons. The van der Waals surface area contributed by atoms with Crippen LogP contribution in [-0.2, 0) is 10.0 Å². The topological polar surface area (TPSA) is 67.4 Å². The van der Waals surface area contributed by atoms with Crippen molar-refractivity contribution in [1.29, 1.82) is 0 Å². The Morgan fingerprint density at radius 3 is 2.42 bits per heavy atom. The van der Waals surface area contributed by atoms with E-state index in [2.05, 4.69) is 10.0 Å². The van der Waals surface area contributed by atoms with Gasteiger partial charge in [0.2, 0.25) is 10.0 Å². The molecule has 6 heteroatoms. The lowest BCUT2D eigenvalue weighted by atomic mass is 10.1. The van der Waals surface area contributed by atoms with E-state index in [4.69, 9.17) is 4.74 Å². The predicted octanol–water partition coefficient (Wildman–Crippen LogP) is 0.983. The van der Waals surface area contributed by atoms with E-state index in [0.717, 1.165) is 12.0 Å². The fourth-order valence-corrected chi connectivity index (χ4v) is 2.77. The first-order valence-corrected chi connectivity index (χ1v) is 8.05. The van der Waals surface area contributed by atoms with Crippen LogP contribution in [0.1, 0.15) is 13.8 Å². The van der Waals surface area contributed by atoms with Crippen LogP contribution >= 0.6 is 0 Å². The molecule has 19 heavy (non-hydrogen) atoms. The number of benzene rings is 1. The third-order valence-electron chi connectivity index (χ3n) is 2.32. The van der Waals surface area contributed by atoms with Crippen molar-refractivity contribution in [1.82, 2.24) is 10.0 Å². The number of rotatable bonds is 8. The van der Waals surface area contributed by atoms with E-state index in [1.54, 1.807) is 0 Å². The van der Waals surface area contributed by atoms with Gasteiger partial charge in [-0.15, -0.1) is 0 Å². The van der Waals surface area contributed by atoms with Gasteiger partial charge in [-0.2, -0.15) is 0 Å². The highest BCUT2D eigenvalue weighted by Gasteiger charge is 2.21. The van der Waals surface area contributed by atoms with Crippen LogP contribution in [0.4, 0.5) is 0 Å². The normalized spacial score (nSPS) is 12.4. The number of para-hydroxylation sites is 1. The maximum atomic E-state index is 11.2. The Hall–Kier alpha value is -1.11. The lowest BCUT2D eigenvalue weighted by Crippen LogP contribution is -2.50. The van der Waals surface area contributed by atoms with E-state index < -0.39 is 15.6 Å². The van der Waals surface area contributed by atoms with E-state index in [1.807, 2.05) is 44.2 Å². The summed E-state index contributed by atoms with van der Waals surface area (Å²) in [6, 6.07) is 9.57. The second-order valence-electron chi connectivity index (χ2n) is 5.10. The quantitative estimate of drug-likeness (QED) is 0.699. The van der Waals surface area contributed by atoms with E-state index in [1.165, 1.54) is 0 Å². The second-order valence-corrected chi connectivity index (χ2v) is 6.84. The van der Waals surface area contributed by atoms with Crippen LogP contribution in [0.3, 0.4) is 0 Å². The average molecular weight is 286 g/mol. The molecule has 0 saturated carbocycles. The molecule has 108 valence electrons. The summed E-state index contributed by atoms with van der Waals surface area (Å²) in [4.78, 5) is 0. The van der Waals surface area contributed by atoms with Gasteiger partial charge in [0.15, 0.2) is 0 Å². The van der Waals surface area contributed by atoms with Crippen molar-refractivity contribution in [3.8, 4) is 5.75 Å². The summed E-state index contributed by atoms with van der Waals surface area (Å²) < 4.78 is 30.4. The molecule has 0 amide bonds. The monoisotopic (exact) mass is 286 g/mol. The standard InChI is InChI=1S/C13H22N2O3S/c1-13(2,15-19(3,16)17)11-14-9-10-18-12-7-5-4-6-8-12/h4-8,14-15H,9-11H2,1-3H3. The van der Waals surface area contributed by atoms with Gasteiger partial charge in [0.1, 0.15) is 12.4 Å². The van der Waals surface area contributed by atoms with Crippen molar-refractivity contribution in [2.75, 3.05) is 26.0 Å². The molecule has 0 bridgehead atoms. The van der Waals surface area contributed by atoms with Gasteiger partial charge in [-0.3, -0.25) is 0 Å². The molecule has 0 aliphatic heterocycles. The van der Waals surface area contributed by atoms with Crippen molar-refractivity contribution >= 4 is 10.0 Å². The summed E-state index contributed by atoms with van der Waals surface area (Å²) in [6.45, 7) is 5.40. The van der Waals surface area contributed by atoms with Crippen molar-refractivity contribution in [2.45, 2.75) is 19.4 Å². The Morgan fingerprint density at radius 2 is 1.84 bits per heavy atom. The SMILES string of the molecule is CC(C)(CNCCOc1ccccc1)NS(C)(=O)=O. The minimum atomic E-state index is -3.19. The maximum absolute atomic E-state index is 11.2. The Kier molecular flexibility index (Phi) is 5.78. The number of nitrogens with one attached hydrogen (secondary N) is 2. The molecular weight excluding hydrogens is 264 g/mol. The minimum absolute atomic E-state index is 0.514. The fraction of sp³-hybridized carbons (Fsp3) is 0.538. The highest BCUT2D eigenvalue weighted by atomic mass is 32.2. The van der Waals surface area contributed by atoms with Gasteiger partial charge in [0, 0.05) is 18.6 Å². The molecule has 2 N–H and O–H groups in total. The Balaban J connectivity index is 2.20. The first kappa shape index (κ1) is 15.9. The van der Waals surface area contributed by atoms with Gasteiger partial charge < -0.3 is 10.1 Å². The number of hydrogen-bond acceptors (Lipinski definition) is 4. The summed E-state index contributed by atoms with van der Waals surface area (Å²) in [5.41, 5.74) is -0.514. The van der Waals surface area contributed by atoms with Crippen molar-refractivity contribution < 1.29 is 13.2 Å². The molecule has 1 aromatic rings. The second kappa shape index (κ2) is 6.88. The van der Waals surface area contributed by atoms with Gasteiger partial charge >= 0.3 is 0 Å². The highest BCUT2D eigenvalue weighted by Crippen LogP contribution is 2.07. The molecule has 0 aliphatic carbocycles. The Bertz CT molecular complexity index is 472. The van der Waals surface area contributed by atoms with Crippen LogP contribution in [0.2, 0.25) is 0 Å². The van der Waals surface area contributed by atoms with Crippen molar-refractivity contribution in [2.24, 2.45) is 0 Å². The van der Waals surface area contributed by atoms with Gasteiger partial charge in [-0.25, -0.2) is 13.1 Å². The van der Waals surface area contributed by atoms with Crippen molar-refractivity contribution in [3.63, 3.8) is 0 Å². The van der Waals surface area contributed by atoms with E-state index in [0.29, 0.717) is 19.7 Å². The molecule has 0 unspecified atom stereocenters. The van der Waals surface area contributed by atoms with Crippen LogP contribution in [0.15, 0.2) is 30.3 Å². The summed E-state index contributed by atoms with van der Waals surface area (Å²) in [7, 11) is -3.19. The molecular formula is C13H22N2O3S. The number of hydrogen-bond donors (Lipinski definition) is 2. The third-order valence-corrected chi connectivity index (χ3v) is 3.24. The third kappa shape index (κ3) is 7.81. The Morgan fingerprint density at radius 1 is 1.21 bits per heavy atom. The number of ether oxygens (including phenoxy) is 1. The van der Waals surface area contributed by atoms with Crippen LogP contribution in [0, 0.1) is 0 Å². The van der Waals surface area contributed by atoms with E-state index >= 15 is 0 Å². The van der Waals surface area contributed by atoms with Crippen LogP contribution < -0.4 is 14.8 Å². The van der Waals surface area contributed by atoms with Gasteiger partial charge in [-0.05, 0) is 26.0 Å². The van der Waals surface area contributed by atoms with E-state index in [-0.39, 0.29) is 0 Å². The first-order chi connectivity index (χ1) is 8.79. The minimum Gasteiger partial charge on any atom is -0.492 e. The molecule has 0 aromatic heterocycles. The molecule has 0 saturated heterocycles. The summed E-state index contributed by atoms with van der Waals surface area (Å²) in [5.74, 6) is 0.831. The van der Waals surface area contributed by atoms with Gasteiger partial charge in [-0.1, -0.05) is 18.2 Å².